The summed E-state index contributed by atoms with van der Waals surface area (Å²) in [5.74, 6) is -1.10. The van der Waals surface area contributed by atoms with Crippen molar-refractivity contribution < 1.29 is 18.7 Å². The van der Waals surface area contributed by atoms with Gasteiger partial charge in [-0.15, -0.1) is 0 Å². The van der Waals surface area contributed by atoms with Crippen molar-refractivity contribution in [2.24, 2.45) is 0 Å². The second kappa shape index (κ2) is 8.92. The highest BCUT2D eigenvalue weighted by molar-refractivity contribution is 6.12. The number of fused-ring (bicyclic) bond motifs is 1. The van der Waals surface area contributed by atoms with E-state index in [9.17, 15) is 14.0 Å². The van der Waals surface area contributed by atoms with Crippen molar-refractivity contribution in [2.75, 3.05) is 25.2 Å². The van der Waals surface area contributed by atoms with Gasteiger partial charge in [0.15, 0.2) is 0 Å². The maximum absolute atomic E-state index is 13.6. The molecule has 166 valence electrons. The lowest BCUT2D eigenvalue weighted by molar-refractivity contribution is -0.126. The van der Waals surface area contributed by atoms with Crippen molar-refractivity contribution in [2.45, 2.75) is 25.4 Å². The van der Waals surface area contributed by atoms with E-state index in [1.807, 2.05) is 30.3 Å². The summed E-state index contributed by atoms with van der Waals surface area (Å²) in [7, 11) is 1.60. The summed E-state index contributed by atoms with van der Waals surface area (Å²) in [6.45, 7) is 2.79. The molecule has 8 heteroatoms. The number of ether oxygens (including phenoxy) is 1. The molecule has 0 radical (unpaired) electrons. The normalized spacial score (nSPS) is 17.8. The molecule has 1 N–H and O–H groups in total. The van der Waals surface area contributed by atoms with Crippen LogP contribution in [0.15, 0.2) is 60.7 Å². The third-order valence-electron chi connectivity index (χ3n) is 5.61. The summed E-state index contributed by atoms with van der Waals surface area (Å²) < 4.78 is 20.2. The summed E-state index contributed by atoms with van der Waals surface area (Å²) in [5, 5.41) is 7.51. The van der Waals surface area contributed by atoms with Gasteiger partial charge in [-0.05, 0) is 43.7 Å². The largest absolute Gasteiger partial charge is 0.385 e. The Hall–Kier alpha value is -3.52. The number of halogens is 1. The maximum Gasteiger partial charge on any atom is 0.277 e. The second-order valence-electron chi connectivity index (χ2n) is 7.93. The molecule has 0 saturated heterocycles. The Bertz CT molecular complexity index is 1110. The van der Waals surface area contributed by atoms with Crippen LogP contribution in [-0.4, -0.2) is 47.4 Å². The molecular formula is C24H25FN4O3. The molecule has 2 amide bonds. The Labute approximate surface area is 185 Å². The summed E-state index contributed by atoms with van der Waals surface area (Å²) in [6, 6.07) is 16.8. The zero-order valence-electron chi connectivity index (χ0n) is 18.0. The van der Waals surface area contributed by atoms with Gasteiger partial charge < -0.3 is 10.1 Å². The van der Waals surface area contributed by atoms with Crippen LogP contribution in [-0.2, 0) is 16.1 Å². The SMILES string of the molecule is COCCCNC(=O)[C@@]1(C)Cn2nc(-c3ccccc3)cc2C(=O)N1c1ccc(F)cc1. The van der Waals surface area contributed by atoms with Crippen molar-refractivity contribution in [3.05, 3.63) is 72.2 Å². The van der Waals surface area contributed by atoms with E-state index >= 15 is 0 Å². The second-order valence-corrected chi connectivity index (χ2v) is 7.93. The number of carbonyl (C=O) groups is 2. The molecule has 0 fully saturated rings. The molecule has 4 rings (SSSR count). The minimum Gasteiger partial charge on any atom is -0.385 e. The number of amides is 2. The Kier molecular flexibility index (Phi) is 6.05. The number of hydrogen-bond acceptors (Lipinski definition) is 4. The molecule has 7 nitrogen and oxygen atoms in total. The Morgan fingerprint density at radius 1 is 1.19 bits per heavy atom. The average Bonchev–Trinajstić information content (AvgIpc) is 3.22. The van der Waals surface area contributed by atoms with Crippen molar-refractivity contribution in [1.82, 2.24) is 15.1 Å². The third-order valence-corrected chi connectivity index (χ3v) is 5.61. The van der Waals surface area contributed by atoms with Crippen LogP contribution in [0.25, 0.3) is 11.3 Å². The highest BCUT2D eigenvalue weighted by Crippen LogP contribution is 2.34. The summed E-state index contributed by atoms with van der Waals surface area (Å²) in [4.78, 5) is 28.4. The van der Waals surface area contributed by atoms with Gasteiger partial charge >= 0.3 is 0 Å². The molecule has 1 aliphatic heterocycles. The van der Waals surface area contributed by atoms with Crippen LogP contribution in [0.3, 0.4) is 0 Å². The van der Waals surface area contributed by atoms with Gasteiger partial charge in [-0.2, -0.15) is 5.10 Å². The molecule has 0 spiro atoms. The van der Waals surface area contributed by atoms with E-state index in [-0.39, 0.29) is 18.4 Å². The maximum atomic E-state index is 13.6. The zero-order chi connectivity index (χ0) is 22.7. The molecule has 1 atom stereocenters. The Morgan fingerprint density at radius 3 is 2.59 bits per heavy atom. The van der Waals surface area contributed by atoms with Crippen molar-refractivity contribution in [1.29, 1.82) is 0 Å². The smallest absolute Gasteiger partial charge is 0.277 e. The summed E-state index contributed by atoms with van der Waals surface area (Å²) >= 11 is 0. The molecule has 0 saturated carbocycles. The molecule has 2 aromatic carbocycles. The molecule has 3 aromatic rings. The quantitative estimate of drug-likeness (QED) is 0.577. The molecule has 0 aliphatic carbocycles. The first-order valence-corrected chi connectivity index (χ1v) is 10.4. The average molecular weight is 436 g/mol. The first kappa shape index (κ1) is 21.7. The van der Waals surface area contributed by atoms with Gasteiger partial charge in [0.25, 0.3) is 5.91 Å². The fraction of sp³-hybridized carbons (Fsp3) is 0.292. The van der Waals surface area contributed by atoms with E-state index in [0.29, 0.717) is 36.6 Å². The number of aromatic nitrogens is 2. The van der Waals surface area contributed by atoms with Gasteiger partial charge in [-0.1, -0.05) is 30.3 Å². The third kappa shape index (κ3) is 4.01. The monoisotopic (exact) mass is 436 g/mol. The van der Waals surface area contributed by atoms with E-state index in [1.165, 1.54) is 29.2 Å². The van der Waals surface area contributed by atoms with Crippen LogP contribution in [0.2, 0.25) is 0 Å². The van der Waals surface area contributed by atoms with E-state index in [1.54, 1.807) is 24.8 Å². The summed E-state index contributed by atoms with van der Waals surface area (Å²) in [6.07, 6.45) is 0.647. The lowest BCUT2D eigenvalue weighted by Crippen LogP contribution is -2.64. The fourth-order valence-corrected chi connectivity index (χ4v) is 3.94. The first-order chi connectivity index (χ1) is 15.4. The topological polar surface area (TPSA) is 76.5 Å². The van der Waals surface area contributed by atoms with E-state index in [4.69, 9.17) is 4.74 Å². The highest BCUT2D eigenvalue weighted by atomic mass is 19.1. The predicted molar refractivity (Wildman–Crippen MR) is 119 cm³/mol. The van der Waals surface area contributed by atoms with Crippen LogP contribution in [0, 0.1) is 5.82 Å². The van der Waals surface area contributed by atoms with Crippen molar-refractivity contribution >= 4 is 17.5 Å². The predicted octanol–water partition coefficient (Wildman–Crippen LogP) is 3.26. The van der Waals surface area contributed by atoms with Gasteiger partial charge in [0.1, 0.15) is 17.1 Å². The van der Waals surface area contributed by atoms with Crippen molar-refractivity contribution in [3.63, 3.8) is 0 Å². The van der Waals surface area contributed by atoms with Crippen LogP contribution in [0.1, 0.15) is 23.8 Å². The number of hydrogen-bond donors (Lipinski definition) is 1. The number of nitrogens with zero attached hydrogens (tertiary/aromatic N) is 3. The van der Waals surface area contributed by atoms with E-state index < -0.39 is 11.4 Å². The number of carbonyl (C=O) groups excluding carboxylic acids is 2. The standard InChI is InChI=1S/C24H25FN4O3/c1-24(23(31)26-13-6-14-32-2)16-28-21(15-20(27-28)17-7-4-3-5-8-17)22(30)29(24)19-11-9-18(25)10-12-19/h3-5,7-12,15H,6,13-14,16H2,1-2H3,(H,26,31)/t24-/m1/s1. The number of methoxy groups -OCH3 is 1. The molecular weight excluding hydrogens is 411 g/mol. The fourth-order valence-electron chi connectivity index (χ4n) is 3.94. The van der Waals surface area contributed by atoms with Gasteiger partial charge in [0, 0.05) is 31.5 Å². The molecule has 32 heavy (non-hydrogen) atoms. The Morgan fingerprint density at radius 2 is 1.91 bits per heavy atom. The van der Waals surface area contributed by atoms with Gasteiger partial charge in [0.2, 0.25) is 5.91 Å². The number of nitrogens with one attached hydrogen (secondary N) is 1. The highest BCUT2D eigenvalue weighted by Gasteiger charge is 2.48. The molecule has 0 unspecified atom stereocenters. The minimum atomic E-state index is -1.25. The number of rotatable bonds is 7. The molecule has 1 aromatic heterocycles. The minimum absolute atomic E-state index is 0.161. The molecule has 0 bridgehead atoms. The van der Waals surface area contributed by atoms with E-state index in [0.717, 1.165) is 5.56 Å². The van der Waals surface area contributed by atoms with E-state index in [2.05, 4.69) is 10.4 Å². The van der Waals surface area contributed by atoms with Crippen LogP contribution in [0.5, 0.6) is 0 Å². The Balaban J connectivity index is 1.74. The first-order valence-electron chi connectivity index (χ1n) is 10.4. The van der Waals surface area contributed by atoms with Crippen molar-refractivity contribution in [3.8, 4) is 11.3 Å². The zero-order valence-corrected chi connectivity index (χ0v) is 18.0. The number of benzene rings is 2. The molecule has 1 aliphatic rings. The van der Waals surface area contributed by atoms with Gasteiger partial charge in [0.05, 0.1) is 12.2 Å². The summed E-state index contributed by atoms with van der Waals surface area (Å²) in [5.41, 5.74) is 1.09. The molecule has 2 heterocycles. The van der Waals surface area contributed by atoms with Gasteiger partial charge in [-0.25, -0.2) is 4.39 Å². The van der Waals surface area contributed by atoms with Crippen LogP contribution < -0.4 is 10.2 Å². The van der Waals surface area contributed by atoms with Gasteiger partial charge in [-0.3, -0.25) is 19.2 Å². The van der Waals surface area contributed by atoms with Crippen LogP contribution in [0.4, 0.5) is 10.1 Å². The lowest BCUT2D eigenvalue weighted by Gasteiger charge is -2.43. The van der Waals surface area contributed by atoms with Crippen LogP contribution >= 0.6 is 0 Å². The lowest BCUT2D eigenvalue weighted by atomic mass is 9.94. The number of anilines is 1.